The number of benzene rings is 2. The fraction of sp³-hybridized carbons (Fsp3) is 0.286. The molecule has 2 aromatic carbocycles. The van der Waals surface area contributed by atoms with Gasteiger partial charge in [0.2, 0.25) is 0 Å². The van der Waals surface area contributed by atoms with Crippen molar-refractivity contribution in [1.82, 2.24) is 4.90 Å². The Morgan fingerprint density at radius 3 is 2.14 bits per heavy atom. The average molecular weight is 398 g/mol. The first-order valence-corrected chi connectivity index (χ1v) is 8.99. The summed E-state index contributed by atoms with van der Waals surface area (Å²) >= 11 is 0. The molecule has 0 saturated carbocycles. The Bertz CT molecular complexity index is 939. The summed E-state index contributed by atoms with van der Waals surface area (Å²) in [6, 6.07) is 9.85. The highest BCUT2D eigenvalue weighted by molar-refractivity contribution is 6.39. The molecule has 3 rings (SSSR count). The van der Waals surface area contributed by atoms with Crippen LogP contribution in [0.5, 0.6) is 11.5 Å². The van der Waals surface area contributed by atoms with E-state index in [9.17, 15) is 14.4 Å². The molecule has 0 atom stereocenters. The van der Waals surface area contributed by atoms with Crippen molar-refractivity contribution in [2.24, 2.45) is 0 Å². The second kappa shape index (κ2) is 8.64. The number of esters is 1. The highest BCUT2D eigenvalue weighted by Gasteiger charge is 2.27. The van der Waals surface area contributed by atoms with Gasteiger partial charge in [0.05, 0.1) is 26.9 Å². The van der Waals surface area contributed by atoms with Crippen molar-refractivity contribution in [2.75, 3.05) is 33.2 Å². The standard InChI is InChI=1S/C21H22N2O6/c1-27-17-10-14-8-9-23(12-15(14)11-18(17)28-2)20(25)19(24)22-16-6-4-13(5-7-16)21(26)29-3/h4-7,10-11H,8-9,12H2,1-3H3,(H,22,24). The van der Waals surface area contributed by atoms with Gasteiger partial charge >= 0.3 is 17.8 Å². The fourth-order valence-electron chi connectivity index (χ4n) is 3.19. The number of nitrogens with one attached hydrogen (secondary N) is 1. The minimum Gasteiger partial charge on any atom is -0.493 e. The Kier molecular flexibility index (Phi) is 6.01. The SMILES string of the molecule is COC(=O)c1ccc(NC(=O)C(=O)N2CCc3cc(OC)c(OC)cc3C2)cc1. The third-order valence-corrected chi connectivity index (χ3v) is 4.76. The van der Waals surface area contributed by atoms with E-state index in [0.717, 1.165) is 11.1 Å². The zero-order valence-electron chi connectivity index (χ0n) is 16.5. The van der Waals surface area contributed by atoms with Crippen LogP contribution in [0.1, 0.15) is 21.5 Å². The van der Waals surface area contributed by atoms with E-state index < -0.39 is 17.8 Å². The van der Waals surface area contributed by atoms with Gasteiger partial charge < -0.3 is 24.4 Å². The second-order valence-electron chi connectivity index (χ2n) is 6.48. The number of ether oxygens (including phenoxy) is 3. The maximum atomic E-state index is 12.6. The van der Waals surface area contributed by atoms with Crippen LogP contribution >= 0.6 is 0 Å². The monoisotopic (exact) mass is 398 g/mol. The molecular weight excluding hydrogens is 376 g/mol. The Morgan fingerprint density at radius 2 is 1.55 bits per heavy atom. The van der Waals surface area contributed by atoms with Crippen molar-refractivity contribution in [2.45, 2.75) is 13.0 Å². The van der Waals surface area contributed by atoms with E-state index in [1.807, 2.05) is 12.1 Å². The minimum atomic E-state index is -0.736. The molecule has 0 aliphatic carbocycles. The van der Waals surface area contributed by atoms with Gasteiger partial charge in [-0.15, -0.1) is 0 Å². The first kappa shape index (κ1) is 20.2. The van der Waals surface area contributed by atoms with Gasteiger partial charge in [-0.25, -0.2) is 4.79 Å². The Labute approximate surface area is 168 Å². The summed E-state index contributed by atoms with van der Waals surface area (Å²) in [6.45, 7) is 0.735. The van der Waals surface area contributed by atoms with E-state index >= 15 is 0 Å². The number of amides is 2. The topological polar surface area (TPSA) is 94.2 Å². The largest absolute Gasteiger partial charge is 0.493 e. The highest BCUT2D eigenvalue weighted by Crippen LogP contribution is 2.33. The lowest BCUT2D eigenvalue weighted by Gasteiger charge is -2.29. The summed E-state index contributed by atoms with van der Waals surface area (Å²) in [4.78, 5) is 37.9. The highest BCUT2D eigenvalue weighted by atomic mass is 16.5. The molecule has 1 N–H and O–H groups in total. The van der Waals surface area contributed by atoms with Crippen LogP contribution in [0, 0.1) is 0 Å². The van der Waals surface area contributed by atoms with Gasteiger partial charge in [0.1, 0.15) is 0 Å². The summed E-state index contributed by atoms with van der Waals surface area (Å²) in [5, 5.41) is 2.56. The molecule has 8 nitrogen and oxygen atoms in total. The average Bonchev–Trinajstić information content (AvgIpc) is 2.76. The molecule has 0 bridgehead atoms. The first-order valence-electron chi connectivity index (χ1n) is 8.99. The Morgan fingerprint density at radius 1 is 0.931 bits per heavy atom. The predicted octanol–water partition coefficient (Wildman–Crippen LogP) is 2.01. The summed E-state index contributed by atoms with van der Waals surface area (Å²) in [7, 11) is 4.42. The van der Waals surface area contributed by atoms with E-state index in [1.54, 1.807) is 26.4 Å². The van der Waals surface area contributed by atoms with Crippen LogP contribution in [0.15, 0.2) is 36.4 Å². The molecule has 0 aromatic heterocycles. The lowest BCUT2D eigenvalue weighted by Crippen LogP contribution is -2.42. The molecule has 0 fully saturated rings. The molecule has 2 amide bonds. The molecule has 0 saturated heterocycles. The quantitative estimate of drug-likeness (QED) is 0.626. The molecule has 0 spiro atoms. The molecule has 29 heavy (non-hydrogen) atoms. The molecule has 0 radical (unpaired) electrons. The van der Waals surface area contributed by atoms with Gasteiger partial charge in [-0.05, 0) is 53.9 Å². The van der Waals surface area contributed by atoms with E-state index in [-0.39, 0.29) is 0 Å². The Hall–Kier alpha value is -3.55. The van der Waals surface area contributed by atoms with Crippen LogP contribution in [0.2, 0.25) is 0 Å². The van der Waals surface area contributed by atoms with Crippen molar-refractivity contribution < 1.29 is 28.6 Å². The van der Waals surface area contributed by atoms with Crippen molar-refractivity contribution in [3.05, 3.63) is 53.1 Å². The van der Waals surface area contributed by atoms with E-state index in [1.165, 1.54) is 24.1 Å². The Balaban J connectivity index is 1.68. The van der Waals surface area contributed by atoms with Crippen LogP contribution in [0.3, 0.4) is 0 Å². The summed E-state index contributed by atoms with van der Waals surface area (Å²) in [5.74, 6) is -0.616. The number of carbonyl (C=O) groups is 3. The minimum absolute atomic E-state index is 0.309. The number of methoxy groups -OCH3 is 3. The number of nitrogens with zero attached hydrogens (tertiary/aromatic N) is 1. The van der Waals surface area contributed by atoms with Gasteiger partial charge in [0, 0.05) is 18.8 Å². The summed E-state index contributed by atoms with van der Waals surface area (Å²) in [6.07, 6.45) is 0.614. The molecule has 152 valence electrons. The van der Waals surface area contributed by atoms with Crippen LogP contribution in [-0.2, 0) is 27.3 Å². The van der Waals surface area contributed by atoms with Crippen molar-refractivity contribution in [1.29, 1.82) is 0 Å². The van der Waals surface area contributed by atoms with Crippen LogP contribution in [0.25, 0.3) is 0 Å². The molecule has 1 aliphatic heterocycles. The van der Waals surface area contributed by atoms with Crippen molar-refractivity contribution in [3.63, 3.8) is 0 Å². The molecule has 8 heteroatoms. The number of hydrogen-bond donors (Lipinski definition) is 1. The van der Waals surface area contributed by atoms with Crippen LogP contribution in [-0.4, -0.2) is 50.6 Å². The zero-order chi connectivity index (χ0) is 21.0. The zero-order valence-corrected chi connectivity index (χ0v) is 16.5. The van der Waals surface area contributed by atoms with E-state index in [0.29, 0.717) is 42.3 Å². The second-order valence-corrected chi connectivity index (χ2v) is 6.48. The number of hydrogen-bond acceptors (Lipinski definition) is 6. The van der Waals surface area contributed by atoms with Crippen LogP contribution in [0.4, 0.5) is 5.69 Å². The van der Waals surface area contributed by atoms with Gasteiger partial charge in [0.25, 0.3) is 0 Å². The fourth-order valence-corrected chi connectivity index (χ4v) is 3.19. The molecule has 1 aliphatic rings. The molecular formula is C21H22N2O6. The van der Waals surface area contributed by atoms with Gasteiger partial charge in [0.15, 0.2) is 11.5 Å². The summed E-state index contributed by atoms with van der Waals surface area (Å²) in [5.41, 5.74) is 2.75. The number of rotatable bonds is 4. The molecule has 1 heterocycles. The maximum Gasteiger partial charge on any atom is 0.337 e. The normalized spacial score (nSPS) is 12.6. The lowest BCUT2D eigenvalue weighted by atomic mass is 9.98. The lowest BCUT2D eigenvalue weighted by molar-refractivity contribution is -0.143. The van der Waals surface area contributed by atoms with Gasteiger partial charge in [-0.1, -0.05) is 0 Å². The third-order valence-electron chi connectivity index (χ3n) is 4.76. The summed E-state index contributed by atoms with van der Waals surface area (Å²) < 4.78 is 15.3. The van der Waals surface area contributed by atoms with Crippen LogP contribution < -0.4 is 14.8 Å². The predicted molar refractivity (Wildman–Crippen MR) is 105 cm³/mol. The molecule has 0 unspecified atom stereocenters. The first-order chi connectivity index (χ1) is 14.0. The maximum absolute atomic E-state index is 12.6. The third kappa shape index (κ3) is 4.31. The van der Waals surface area contributed by atoms with E-state index in [4.69, 9.17) is 9.47 Å². The van der Waals surface area contributed by atoms with Gasteiger partial charge in [-0.2, -0.15) is 0 Å². The molecule has 2 aromatic rings. The van der Waals surface area contributed by atoms with Crippen molar-refractivity contribution in [3.8, 4) is 11.5 Å². The van der Waals surface area contributed by atoms with Gasteiger partial charge in [-0.3, -0.25) is 9.59 Å². The number of anilines is 1. The van der Waals surface area contributed by atoms with Crippen molar-refractivity contribution >= 4 is 23.5 Å². The number of carbonyl (C=O) groups excluding carboxylic acids is 3. The van der Waals surface area contributed by atoms with E-state index in [2.05, 4.69) is 10.1 Å². The number of fused-ring (bicyclic) bond motifs is 1. The smallest absolute Gasteiger partial charge is 0.337 e.